The molecule has 2 rings (SSSR count). The molecule has 1 heterocycles. The summed E-state index contributed by atoms with van der Waals surface area (Å²) in [5.41, 5.74) is 0. The molecule has 3 amide bonds. The summed E-state index contributed by atoms with van der Waals surface area (Å²) in [4.78, 5) is 71.9. The van der Waals surface area contributed by atoms with Gasteiger partial charge in [-0.2, -0.15) is 0 Å². The molecule has 1 fully saturated rings. The van der Waals surface area contributed by atoms with Gasteiger partial charge in [-0.3, -0.25) is 33.4 Å². The van der Waals surface area contributed by atoms with Crippen molar-refractivity contribution in [3.63, 3.8) is 0 Å². The van der Waals surface area contributed by atoms with Gasteiger partial charge in [-0.1, -0.05) is 13.8 Å². The van der Waals surface area contributed by atoms with Gasteiger partial charge in [-0.25, -0.2) is 0 Å². The van der Waals surface area contributed by atoms with Crippen molar-refractivity contribution in [3.05, 3.63) is 12.2 Å². The van der Waals surface area contributed by atoms with Crippen molar-refractivity contribution < 1.29 is 52.0 Å². The summed E-state index contributed by atoms with van der Waals surface area (Å²) in [5, 5.41) is 2.63. The highest BCUT2D eigenvalue weighted by atomic mass is 31.2. The number of carbonyl (C=O) groups excluding carboxylic acids is 5. The second-order valence-corrected chi connectivity index (χ2v) is 10.1. The highest BCUT2D eigenvalue weighted by molar-refractivity contribution is 7.45. The van der Waals surface area contributed by atoms with Crippen LogP contribution in [0.4, 0.5) is 0 Å². The predicted octanol–water partition coefficient (Wildman–Crippen LogP) is 0.611. The average molecular weight is 546 g/mol. The minimum absolute atomic E-state index is 0.0420. The van der Waals surface area contributed by atoms with Crippen LogP contribution < -0.4 is 10.2 Å². The van der Waals surface area contributed by atoms with Crippen molar-refractivity contribution in [2.45, 2.75) is 58.5 Å². The number of amides is 3. The Morgan fingerprint density at radius 1 is 1.03 bits per heavy atom. The molecule has 14 heteroatoms. The topological polar surface area (TPSA) is 178 Å². The Morgan fingerprint density at radius 2 is 1.65 bits per heavy atom. The molecule has 2 unspecified atom stereocenters. The maximum atomic E-state index is 12.4. The first kappa shape index (κ1) is 30.6. The van der Waals surface area contributed by atoms with Gasteiger partial charge in [0.15, 0.2) is 6.10 Å². The molecule has 0 saturated heterocycles. The van der Waals surface area contributed by atoms with E-state index >= 15 is 0 Å². The lowest BCUT2D eigenvalue weighted by molar-refractivity contribution is -0.228. The molecule has 1 saturated carbocycles. The Morgan fingerprint density at radius 3 is 2.24 bits per heavy atom. The normalized spacial score (nSPS) is 21.9. The number of nitrogens with one attached hydrogen (secondary N) is 1. The fourth-order valence-electron chi connectivity index (χ4n) is 3.84. The summed E-state index contributed by atoms with van der Waals surface area (Å²) in [7, 11) is -4.78. The molecule has 2 aliphatic rings. The zero-order chi connectivity index (χ0) is 27.4. The molecule has 0 aromatic heterocycles. The lowest BCUT2D eigenvalue weighted by Gasteiger charge is -2.30. The third kappa shape index (κ3) is 10.7. The van der Waals surface area contributed by atoms with E-state index in [9.17, 15) is 33.4 Å². The molecule has 0 spiro atoms. The van der Waals surface area contributed by atoms with E-state index in [-0.39, 0.29) is 62.2 Å². The third-order valence-electron chi connectivity index (χ3n) is 5.93. The molecule has 2 atom stereocenters. The molecule has 0 aromatic carbocycles. The molecule has 37 heavy (non-hydrogen) atoms. The number of hydrogen-bond acceptors (Lipinski definition) is 11. The van der Waals surface area contributed by atoms with Crippen molar-refractivity contribution in [1.29, 1.82) is 0 Å². The van der Waals surface area contributed by atoms with Gasteiger partial charge in [0.2, 0.25) is 5.91 Å². The molecule has 0 radical (unpaired) electrons. The van der Waals surface area contributed by atoms with Crippen molar-refractivity contribution in [2.24, 2.45) is 11.8 Å². The van der Waals surface area contributed by atoms with Gasteiger partial charge in [-0.15, -0.1) is 0 Å². The fraction of sp³-hybridized carbons (Fsp3) is 0.696. The van der Waals surface area contributed by atoms with Crippen molar-refractivity contribution >= 4 is 37.5 Å². The highest BCUT2D eigenvalue weighted by Gasteiger charge is 2.31. The van der Waals surface area contributed by atoms with Gasteiger partial charge in [-0.05, 0) is 31.6 Å². The fourth-order valence-corrected chi connectivity index (χ4v) is 4.58. The molecule has 1 aliphatic carbocycles. The Hall–Kier alpha value is -2.60. The highest BCUT2D eigenvalue weighted by Crippen LogP contribution is 2.38. The second kappa shape index (κ2) is 15.0. The summed E-state index contributed by atoms with van der Waals surface area (Å²) in [5.74, 6) is -2.15. The number of ether oxygens (including phenoxy) is 2. The number of rotatable bonds is 15. The Labute approximate surface area is 215 Å². The largest absolute Gasteiger partial charge is 0.756 e. The van der Waals surface area contributed by atoms with E-state index in [0.29, 0.717) is 32.2 Å². The van der Waals surface area contributed by atoms with Crippen LogP contribution in [0, 0.1) is 11.8 Å². The number of nitrogens with zero attached hydrogens (tertiary/aromatic N) is 1. The van der Waals surface area contributed by atoms with Crippen LogP contribution in [-0.4, -0.2) is 73.6 Å². The Bertz CT molecular complexity index is 896. The number of hydrogen-bond donors (Lipinski definition) is 1. The molecule has 208 valence electrons. The molecular weight excluding hydrogens is 511 g/mol. The van der Waals surface area contributed by atoms with Crippen molar-refractivity contribution in [2.75, 3.05) is 32.9 Å². The van der Waals surface area contributed by atoms with E-state index in [2.05, 4.69) is 5.32 Å². The van der Waals surface area contributed by atoms with Gasteiger partial charge in [0, 0.05) is 44.0 Å². The van der Waals surface area contributed by atoms with Crippen LogP contribution in [-0.2, 0) is 47.1 Å². The minimum Gasteiger partial charge on any atom is -0.756 e. The second-order valence-electron chi connectivity index (χ2n) is 8.71. The summed E-state index contributed by atoms with van der Waals surface area (Å²) >= 11 is 0. The van der Waals surface area contributed by atoms with Gasteiger partial charge >= 0.3 is 11.9 Å². The lowest BCUT2D eigenvalue weighted by Crippen LogP contribution is -2.39. The van der Waals surface area contributed by atoms with Crippen LogP contribution in [0.1, 0.15) is 52.4 Å². The average Bonchev–Trinajstić information content (AvgIpc) is 3.20. The standard InChI is InChI=1S/C23H35N2O11P/c1-3-21(28)33-14-18(36-22(29)4-2)15-35-37(31,32)34-12-11-24-23(30)17-7-5-16(6-8-17)13-25-19(26)9-10-20(25)27/h9-10,16-18H,3-8,11-15H2,1-2H3,(H,24,30)(H,31,32)/p-1. The summed E-state index contributed by atoms with van der Waals surface area (Å²) < 4.78 is 31.4. The number of phosphoric ester groups is 1. The Kier molecular flexibility index (Phi) is 12.4. The van der Waals surface area contributed by atoms with E-state index in [4.69, 9.17) is 18.5 Å². The monoisotopic (exact) mass is 545 g/mol. The van der Waals surface area contributed by atoms with Crippen LogP contribution in [0.2, 0.25) is 0 Å². The van der Waals surface area contributed by atoms with E-state index in [1.165, 1.54) is 17.1 Å². The first-order valence-electron chi connectivity index (χ1n) is 12.3. The quantitative estimate of drug-likeness (QED) is 0.132. The summed E-state index contributed by atoms with van der Waals surface area (Å²) in [6, 6.07) is 0. The van der Waals surface area contributed by atoms with Crippen LogP contribution >= 0.6 is 7.82 Å². The van der Waals surface area contributed by atoms with Crippen LogP contribution in [0.5, 0.6) is 0 Å². The SMILES string of the molecule is CCC(=O)OCC(COP(=O)([O-])OCCNC(=O)C1CCC(CN2C(=O)C=CC2=O)CC1)OC(=O)CC. The van der Waals surface area contributed by atoms with Gasteiger partial charge in [0.05, 0.1) is 13.2 Å². The number of esters is 2. The minimum atomic E-state index is -4.78. The number of imide groups is 1. The van der Waals surface area contributed by atoms with Gasteiger partial charge < -0.3 is 28.7 Å². The van der Waals surface area contributed by atoms with Crippen LogP contribution in [0.3, 0.4) is 0 Å². The maximum absolute atomic E-state index is 12.4. The van der Waals surface area contributed by atoms with Gasteiger partial charge in [0.25, 0.3) is 19.6 Å². The van der Waals surface area contributed by atoms with Crippen LogP contribution in [0.25, 0.3) is 0 Å². The number of carbonyl (C=O) groups is 5. The van der Waals surface area contributed by atoms with E-state index in [0.717, 1.165) is 0 Å². The van der Waals surface area contributed by atoms with Crippen molar-refractivity contribution in [1.82, 2.24) is 10.2 Å². The third-order valence-corrected chi connectivity index (χ3v) is 6.90. The van der Waals surface area contributed by atoms with Crippen molar-refractivity contribution in [3.8, 4) is 0 Å². The summed E-state index contributed by atoms with van der Waals surface area (Å²) in [6.07, 6.45) is 4.07. The molecular formula is C23H34N2O11P-. The Balaban J connectivity index is 1.66. The molecule has 1 aliphatic heterocycles. The molecule has 13 nitrogen and oxygen atoms in total. The molecule has 0 aromatic rings. The predicted molar refractivity (Wildman–Crippen MR) is 125 cm³/mol. The van der Waals surface area contributed by atoms with Gasteiger partial charge in [0.1, 0.15) is 6.61 Å². The zero-order valence-electron chi connectivity index (χ0n) is 21.1. The van der Waals surface area contributed by atoms with E-state index in [1.807, 2.05) is 0 Å². The van der Waals surface area contributed by atoms with E-state index in [1.54, 1.807) is 13.8 Å². The first-order chi connectivity index (χ1) is 17.5. The van der Waals surface area contributed by atoms with E-state index < -0.39 is 32.5 Å². The lowest BCUT2D eigenvalue weighted by atomic mass is 9.81. The zero-order valence-corrected chi connectivity index (χ0v) is 21.9. The molecule has 1 N–H and O–H groups in total. The molecule has 0 bridgehead atoms. The first-order valence-corrected chi connectivity index (χ1v) is 13.8. The maximum Gasteiger partial charge on any atom is 0.305 e. The smallest absolute Gasteiger partial charge is 0.305 e. The summed E-state index contributed by atoms with van der Waals surface area (Å²) in [6.45, 7) is 2.08. The number of phosphoric acid groups is 1. The van der Waals surface area contributed by atoms with Crippen LogP contribution in [0.15, 0.2) is 12.2 Å².